The molecule has 0 heterocycles. The van der Waals surface area contributed by atoms with Crippen molar-refractivity contribution in [2.75, 3.05) is 20.3 Å². The van der Waals surface area contributed by atoms with Gasteiger partial charge in [-0.25, -0.2) is 0 Å². The lowest BCUT2D eigenvalue weighted by Crippen LogP contribution is -2.44. The summed E-state index contributed by atoms with van der Waals surface area (Å²) < 4.78 is 5.18. The molecule has 5 heteroatoms. The molecule has 3 N–H and O–H groups in total. The van der Waals surface area contributed by atoms with Crippen molar-refractivity contribution in [2.45, 2.75) is 38.1 Å². The van der Waals surface area contributed by atoms with Crippen molar-refractivity contribution in [2.24, 2.45) is 23.5 Å². The van der Waals surface area contributed by atoms with Crippen LogP contribution < -0.4 is 11.1 Å². The van der Waals surface area contributed by atoms with E-state index in [2.05, 4.69) is 5.32 Å². The quantitative estimate of drug-likeness (QED) is 0.769. The summed E-state index contributed by atoms with van der Waals surface area (Å²) in [5.41, 5.74) is 5.72. The van der Waals surface area contributed by atoms with Crippen molar-refractivity contribution in [3.63, 3.8) is 0 Å². The van der Waals surface area contributed by atoms with Gasteiger partial charge in [0.1, 0.15) is 0 Å². The fraction of sp³-hybridized carbons (Fsp3) is 0.923. The van der Waals surface area contributed by atoms with E-state index in [1.807, 2.05) is 0 Å². The molecule has 0 aromatic rings. The normalized spacial score (nSPS) is 28.6. The molecule has 18 heavy (non-hydrogen) atoms. The first-order valence-electron chi connectivity index (χ1n) is 6.75. The molecule has 2 aliphatic rings. The van der Waals surface area contributed by atoms with Gasteiger partial charge in [0.05, 0.1) is 12.6 Å². The molecular weight excluding hydrogens is 252 g/mol. The smallest absolute Gasteiger partial charge is 0.223 e. The van der Waals surface area contributed by atoms with Crippen LogP contribution in [-0.2, 0) is 9.53 Å². The van der Waals surface area contributed by atoms with Crippen LogP contribution in [0.5, 0.6) is 0 Å². The van der Waals surface area contributed by atoms with Crippen LogP contribution in [-0.4, -0.2) is 32.2 Å². The summed E-state index contributed by atoms with van der Waals surface area (Å²) in [5, 5.41) is 3.17. The van der Waals surface area contributed by atoms with Crippen LogP contribution in [0.15, 0.2) is 0 Å². The number of amides is 1. The number of nitrogens with one attached hydrogen (secondary N) is 1. The van der Waals surface area contributed by atoms with Gasteiger partial charge in [0, 0.05) is 13.0 Å². The molecule has 1 amide bonds. The zero-order valence-corrected chi connectivity index (χ0v) is 11.9. The summed E-state index contributed by atoms with van der Waals surface area (Å²) in [7, 11) is 1.69. The monoisotopic (exact) mass is 276 g/mol. The molecule has 106 valence electrons. The lowest BCUT2D eigenvalue weighted by Gasteiger charge is -2.22. The Morgan fingerprint density at radius 2 is 2.11 bits per heavy atom. The zero-order chi connectivity index (χ0) is 12.3. The number of rotatable bonds is 6. The highest BCUT2D eigenvalue weighted by molar-refractivity contribution is 5.85. The third kappa shape index (κ3) is 3.84. The lowest BCUT2D eigenvalue weighted by atomic mass is 9.95. The average Bonchev–Trinajstić information content (AvgIpc) is 3.05. The van der Waals surface area contributed by atoms with Gasteiger partial charge in [-0.2, -0.15) is 0 Å². The Kier molecular flexibility index (Phi) is 6.39. The Morgan fingerprint density at radius 1 is 1.39 bits per heavy atom. The summed E-state index contributed by atoms with van der Waals surface area (Å²) in [6, 6.07) is 0.214. The first-order valence-corrected chi connectivity index (χ1v) is 6.75. The standard InChI is InChI=1S/C13H24N2O2.ClH/c1-17-8-12(9-5-6-9)15-13(16)11-4-2-3-10(11)7-14;/h9-12H,2-8,14H2,1H3,(H,15,16);1H/t10-,11-,12?;/m1./s1. The molecule has 2 rings (SSSR count). The van der Waals surface area contributed by atoms with E-state index < -0.39 is 0 Å². The maximum absolute atomic E-state index is 12.2. The van der Waals surface area contributed by atoms with E-state index in [1.165, 1.54) is 12.8 Å². The lowest BCUT2D eigenvalue weighted by molar-refractivity contribution is -0.127. The van der Waals surface area contributed by atoms with Gasteiger partial charge in [-0.1, -0.05) is 6.42 Å². The minimum atomic E-state index is 0. The number of halogens is 1. The Balaban J connectivity index is 0.00000162. The average molecular weight is 277 g/mol. The molecule has 0 aromatic carbocycles. The molecule has 2 saturated carbocycles. The summed E-state index contributed by atoms with van der Waals surface area (Å²) in [4.78, 5) is 12.2. The van der Waals surface area contributed by atoms with Crippen molar-refractivity contribution in [1.29, 1.82) is 0 Å². The van der Waals surface area contributed by atoms with E-state index in [9.17, 15) is 4.79 Å². The molecule has 0 spiro atoms. The van der Waals surface area contributed by atoms with Crippen LogP contribution in [0.25, 0.3) is 0 Å². The number of carbonyl (C=O) groups is 1. The third-order valence-corrected chi connectivity index (χ3v) is 4.16. The number of methoxy groups -OCH3 is 1. The van der Waals surface area contributed by atoms with Gasteiger partial charge < -0.3 is 15.8 Å². The van der Waals surface area contributed by atoms with Crippen molar-refractivity contribution in [3.05, 3.63) is 0 Å². The number of nitrogens with two attached hydrogens (primary N) is 1. The second-order valence-corrected chi connectivity index (χ2v) is 5.44. The first kappa shape index (κ1) is 15.7. The third-order valence-electron chi connectivity index (χ3n) is 4.16. The Morgan fingerprint density at radius 3 is 2.67 bits per heavy atom. The fourth-order valence-electron chi connectivity index (χ4n) is 2.93. The SMILES string of the molecule is COCC(NC(=O)[C@@H]1CCC[C@@H]1CN)C1CC1.Cl. The molecule has 0 aliphatic heterocycles. The minimum Gasteiger partial charge on any atom is -0.383 e. The van der Waals surface area contributed by atoms with E-state index in [0.717, 1.165) is 19.3 Å². The summed E-state index contributed by atoms with van der Waals surface area (Å²) in [6.45, 7) is 1.27. The molecule has 0 radical (unpaired) electrons. The maximum atomic E-state index is 12.2. The molecular formula is C13H25ClN2O2. The van der Waals surface area contributed by atoms with Crippen molar-refractivity contribution >= 4 is 18.3 Å². The zero-order valence-electron chi connectivity index (χ0n) is 11.1. The van der Waals surface area contributed by atoms with Crippen LogP contribution >= 0.6 is 12.4 Å². The fourth-order valence-corrected chi connectivity index (χ4v) is 2.93. The highest BCUT2D eigenvalue weighted by Crippen LogP contribution is 2.34. The van der Waals surface area contributed by atoms with Crippen LogP contribution in [0.1, 0.15) is 32.1 Å². The summed E-state index contributed by atoms with van der Waals surface area (Å²) >= 11 is 0. The van der Waals surface area contributed by atoms with E-state index >= 15 is 0 Å². The molecule has 1 unspecified atom stereocenters. The molecule has 4 nitrogen and oxygen atoms in total. The number of hydrogen-bond donors (Lipinski definition) is 2. The molecule has 2 aliphatic carbocycles. The van der Waals surface area contributed by atoms with Gasteiger partial charge in [0.25, 0.3) is 0 Å². The minimum absolute atomic E-state index is 0. The largest absolute Gasteiger partial charge is 0.383 e. The predicted molar refractivity (Wildman–Crippen MR) is 73.7 cm³/mol. The second kappa shape index (κ2) is 7.31. The van der Waals surface area contributed by atoms with Gasteiger partial charge in [-0.05, 0) is 44.1 Å². The number of hydrogen-bond acceptors (Lipinski definition) is 3. The Labute approximate surface area is 115 Å². The molecule has 0 bridgehead atoms. The summed E-state index contributed by atoms with van der Waals surface area (Å²) in [5.74, 6) is 1.36. The van der Waals surface area contributed by atoms with Crippen LogP contribution in [0.3, 0.4) is 0 Å². The molecule has 0 aromatic heterocycles. The molecule has 2 fully saturated rings. The molecule has 3 atom stereocenters. The molecule has 0 saturated heterocycles. The first-order chi connectivity index (χ1) is 8.26. The Bertz CT molecular complexity index is 272. The topological polar surface area (TPSA) is 64.3 Å². The van der Waals surface area contributed by atoms with Crippen LogP contribution in [0.2, 0.25) is 0 Å². The van der Waals surface area contributed by atoms with E-state index in [0.29, 0.717) is 25.0 Å². The van der Waals surface area contributed by atoms with Gasteiger partial charge in [-0.3, -0.25) is 4.79 Å². The van der Waals surface area contributed by atoms with E-state index in [1.54, 1.807) is 7.11 Å². The van der Waals surface area contributed by atoms with E-state index in [4.69, 9.17) is 10.5 Å². The van der Waals surface area contributed by atoms with Crippen LogP contribution in [0.4, 0.5) is 0 Å². The second-order valence-electron chi connectivity index (χ2n) is 5.44. The van der Waals surface area contributed by atoms with Crippen molar-refractivity contribution in [1.82, 2.24) is 5.32 Å². The van der Waals surface area contributed by atoms with Gasteiger partial charge >= 0.3 is 0 Å². The van der Waals surface area contributed by atoms with Gasteiger partial charge in [-0.15, -0.1) is 12.4 Å². The van der Waals surface area contributed by atoms with Gasteiger partial charge in [0.2, 0.25) is 5.91 Å². The maximum Gasteiger partial charge on any atom is 0.223 e. The van der Waals surface area contributed by atoms with Crippen molar-refractivity contribution in [3.8, 4) is 0 Å². The Hall–Kier alpha value is -0.320. The highest BCUT2D eigenvalue weighted by atomic mass is 35.5. The van der Waals surface area contributed by atoms with Crippen LogP contribution in [0, 0.1) is 17.8 Å². The van der Waals surface area contributed by atoms with E-state index in [-0.39, 0.29) is 30.3 Å². The highest BCUT2D eigenvalue weighted by Gasteiger charge is 2.36. The number of ether oxygens (including phenoxy) is 1. The van der Waals surface area contributed by atoms with Crippen molar-refractivity contribution < 1.29 is 9.53 Å². The number of carbonyl (C=O) groups excluding carboxylic acids is 1. The summed E-state index contributed by atoms with van der Waals surface area (Å²) in [6.07, 6.45) is 5.68. The van der Waals surface area contributed by atoms with Gasteiger partial charge in [0.15, 0.2) is 0 Å². The predicted octanol–water partition coefficient (Wildman–Crippen LogP) is 1.32.